The molecule has 1 aromatic carbocycles. The Bertz CT molecular complexity index is 666. The van der Waals surface area contributed by atoms with Crippen LogP contribution in [0.15, 0.2) is 28.3 Å². The predicted molar refractivity (Wildman–Crippen MR) is 65.7 cm³/mol. The summed E-state index contributed by atoms with van der Waals surface area (Å²) >= 11 is 6.95. The maximum atomic E-state index is 10.6. The molecule has 0 spiro atoms. The van der Waals surface area contributed by atoms with Crippen molar-refractivity contribution in [2.75, 3.05) is 0 Å². The second kappa shape index (κ2) is 5.69. The minimum Gasteiger partial charge on any atom is -0.480 e. The molecule has 0 unspecified atom stereocenters. The van der Waals surface area contributed by atoms with Crippen LogP contribution in [0.5, 0.6) is 0 Å². The van der Waals surface area contributed by atoms with Crippen molar-refractivity contribution in [3.05, 3.63) is 28.8 Å². The molecule has 0 aliphatic rings. The molecular formula is C10H6ClN5O2S. The van der Waals surface area contributed by atoms with E-state index in [1.807, 2.05) is 6.07 Å². The number of tetrazole rings is 1. The average Bonchev–Trinajstić information content (AvgIpc) is 2.76. The zero-order valence-corrected chi connectivity index (χ0v) is 10.9. The third-order valence-electron chi connectivity index (χ3n) is 2.05. The average molecular weight is 296 g/mol. The number of halogens is 1. The number of rotatable bonds is 4. The van der Waals surface area contributed by atoms with Gasteiger partial charge < -0.3 is 5.11 Å². The van der Waals surface area contributed by atoms with Gasteiger partial charge in [-0.2, -0.15) is 5.26 Å². The summed E-state index contributed by atoms with van der Waals surface area (Å²) in [5.74, 6) is -1.05. The van der Waals surface area contributed by atoms with Crippen molar-refractivity contribution in [3.8, 4) is 6.07 Å². The van der Waals surface area contributed by atoms with Gasteiger partial charge in [0, 0.05) is 9.92 Å². The summed E-state index contributed by atoms with van der Waals surface area (Å²) in [6.45, 7) is -0.349. The first-order valence-electron chi connectivity index (χ1n) is 4.95. The predicted octanol–water partition coefficient (Wildman–Crippen LogP) is 1.43. The Kier molecular flexibility index (Phi) is 3.99. The first-order chi connectivity index (χ1) is 9.10. The molecule has 0 aliphatic carbocycles. The maximum Gasteiger partial charge on any atom is 0.325 e. The van der Waals surface area contributed by atoms with Gasteiger partial charge >= 0.3 is 5.97 Å². The molecule has 2 aromatic rings. The van der Waals surface area contributed by atoms with Gasteiger partial charge in [-0.15, -0.1) is 5.10 Å². The summed E-state index contributed by atoms with van der Waals surface area (Å²) < 4.78 is 1.13. The molecule has 9 heteroatoms. The van der Waals surface area contributed by atoms with Crippen LogP contribution in [0, 0.1) is 11.3 Å². The highest BCUT2D eigenvalue weighted by molar-refractivity contribution is 7.99. The fraction of sp³-hybridized carbons (Fsp3) is 0.100. The summed E-state index contributed by atoms with van der Waals surface area (Å²) in [5.41, 5.74) is 0.416. The number of carboxylic acid groups (broad SMARTS) is 1. The summed E-state index contributed by atoms with van der Waals surface area (Å²) in [7, 11) is 0. The second-order valence-electron chi connectivity index (χ2n) is 3.37. The Morgan fingerprint density at radius 2 is 2.37 bits per heavy atom. The smallest absolute Gasteiger partial charge is 0.325 e. The second-order valence-corrected chi connectivity index (χ2v) is 4.81. The van der Waals surface area contributed by atoms with Crippen LogP contribution in [-0.4, -0.2) is 31.3 Å². The van der Waals surface area contributed by atoms with Gasteiger partial charge in [0.2, 0.25) is 5.16 Å². The Morgan fingerprint density at radius 3 is 3.05 bits per heavy atom. The van der Waals surface area contributed by atoms with Crippen molar-refractivity contribution in [1.29, 1.82) is 5.26 Å². The number of hydrogen-bond donors (Lipinski definition) is 1. The molecule has 1 heterocycles. The highest BCUT2D eigenvalue weighted by atomic mass is 35.5. The van der Waals surface area contributed by atoms with Gasteiger partial charge in [-0.1, -0.05) is 11.6 Å². The lowest BCUT2D eigenvalue weighted by Gasteiger charge is -2.03. The Labute approximate surface area is 116 Å². The zero-order valence-electron chi connectivity index (χ0n) is 9.32. The van der Waals surface area contributed by atoms with Gasteiger partial charge in [0.1, 0.15) is 12.6 Å². The molecule has 0 radical (unpaired) electrons. The highest BCUT2D eigenvalue weighted by Gasteiger charge is 2.13. The molecule has 96 valence electrons. The van der Waals surface area contributed by atoms with Gasteiger partial charge in [0.15, 0.2) is 0 Å². The van der Waals surface area contributed by atoms with Crippen LogP contribution in [0.1, 0.15) is 5.56 Å². The van der Waals surface area contributed by atoms with Gasteiger partial charge in [0.05, 0.1) is 5.56 Å². The van der Waals surface area contributed by atoms with E-state index in [0.29, 0.717) is 15.5 Å². The lowest BCUT2D eigenvalue weighted by Crippen LogP contribution is -2.11. The summed E-state index contributed by atoms with van der Waals surface area (Å²) in [4.78, 5) is 11.2. The van der Waals surface area contributed by atoms with E-state index in [2.05, 4.69) is 15.5 Å². The lowest BCUT2D eigenvalue weighted by atomic mass is 10.2. The molecular weight excluding hydrogens is 290 g/mol. The molecule has 0 saturated heterocycles. The van der Waals surface area contributed by atoms with Gasteiger partial charge in [-0.25, -0.2) is 4.68 Å². The van der Waals surface area contributed by atoms with Gasteiger partial charge in [0.25, 0.3) is 0 Å². The SMILES string of the molecule is N#Cc1ccc(Cl)cc1Sc1nnnn1CC(=O)O. The number of aromatic nitrogens is 4. The van der Waals surface area contributed by atoms with E-state index in [4.69, 9.17) is 22.0 Å². The number of nitrogens with zero attached hydrogens (tertiary/aromatic N) is 5. The van der Waals surface area contributed by atoms with Crippen LogP contribution in [0.25, 0.3) is 0 Å². The summed E-state index contributed by atoms with van der Waals surface area (Å²) in [6.07, 6.45) is 0. The highest BCUT2D eigenvalue weighted by Crippen LogP contribution is 2.30. The lowest BCUT2D eigenvalue weighted by molar-refractivity contribution is -0.138. The fourth-order valence-electron chi connectivity index (χ4n) is 1.27. The number of benzene rings is 1. The van der Waals surface area contributed by atoms with Crippen LogP contribution in [0.3, 0.4) is 0 Å². The molecule has 0 bridgehead atoms. The molecule has 2 rings (SSSR count). The zero-order chi connectivity index (χ0) is 13.8. The number of aliphatic carboxylic acids is 1. The molecule has 0 amide bonds. The molecule has 7 nitrogen and oxygen atoms in total. The van der Waals surface area contributed by atoms with Crippen molar-refractivity contribution < 1.29 is 9.90 Å². The number of carboxylic acids is 1. The molecule has 1 N–H and O–H groups in total. The van der Waals surface area contributed by atoms with Gasteiger partial charge in [-0.05, 0) is 40.4 Å². The maximum absolute atomic E-state index is 10.6. The summed E-state index contributed by atoms with van der Waals surface area (Å²) in [5, 5.41) is 29.2. The van der Waals surface area contributed by atoms with Crippen molar-refractivity contribution in [3.63, 3.8) is 0 Å². The van der Waals surface area contributed by atoms with Crippen LogP contribution >= 0.6 is 23.4 Å². The quantitative estimate of drug-likeness (QED) is 0.909. The molecule has 0 saturated carbocycles. The molecule has 1 aromatic heterocycles. The molecule has 0 aliphatic heterocycles. The third-order valence-corrected chi connectivity index (χ3v) is 3.32. The van der Waals surface area contributed by atoms with Crippen LogP contribution in [0.4, 0.5) is 0 Å². The van der Waals surface area contributed by atoms with Crippen LogP contribution < -0.4 is 0 Å². The largest absolute Gasteiger partial charge is 0.480 e. The van der Waals surface area contributed by atoms with Crippen LogP contribution in [0.2, 0.25) is 5.02 Å². The van der Waals surface area contributed by atoms with E-state index in [1.165, 1.54) is 0 Å². The first kappa shape index (κ1) is 13.3. The molecule has 0 fully saturated rings. The van der Waals surface area contributed by atoms with Crippen molar-refractivity contribution in [1.82, 2.24) is 20.2 Å². The monoisotopic (exact) mass is 295 g/mol. The summed E-state index contributed by atoms with van der Waals surface area (Å²) in [6, 6.07) is 6.80. The third kappa shape index (κ3) is 3.21. The standard InChI is InChI=1S/C10H6ClN5O2S/c11-7-2-1-6(4-12)8(3-7)19-10-13-14-15-16(10)5-9(17)18/h1-3H,5H2,(H,17,18). The van der Waals surface area contributed by atoms with E-state index in [0.717, 1.165) is 16.4 Å². The number of nitriles is 1. The Morgan fingerprint density at radius 1 is 1.58 bits per heavy atom. The Balaban J connectivity index is 2.31. The van der Waals surface area contributed by atoms with Crippen molar-refractivity contribution in [2.24, 2.45) is 0 Å². The molecule has 19 heavy (non-hydrogen) atoms. The van der Waals surface area contributed by atoms with E-state index in [-0.39, 0.29) is 11.7 Å². The van der Waals surface area contributed by atoms with E-state index in [1.54, 1.807) is 18.2 Å². The minimum absolute atomic E-state index is 0.279. The van der Waals surface area contributed by atoms with Crippen LogP contribution in [-0.2, 0) is 11.3 Å². The normalized spacial score (nSPS) is 10.1. The van der Waals surface area contributed by atoms with Crippen molar-refractivity contribution in [2.45, 2.75) is 16.6 Å². The first-order valence-corrected chi connectivity index (χ1v) is 6.15. The number of hydrogen-bond acceptors (Lipinski definition) is 6. The fourth-order valence-corrected chi connectivity index (χ4v) is 2.40. The van der Waals surface area contributed by atoms with E-state index >= 15 is 0 Å². The van der Waals surface area contributed by atoms with Gasteiger partial charge in [-0.3, -0.25) is 4.79 Å². The van der Waals surface area contributed by atoms with Crippen molar-refractivity contribution >= 4 is 29.3 Å². The Hall–Kier alpha value is -2.11. The van der Waals surface area contributed by atoms with E-state index in [9.17, 15) is 4.79 Å². The minimum atomic E-state index is -1.05. The topological polar surface area (TPSA) is 105 Å². The molecule has 0 atom stereocenters. The van der Waals surface area contributed by atoms with E-state index < -0.39 is 5.97 Å². The number of carbonyl (C=O) groups is 1.